The van der Waals surface area contributed by atoms with Crippen LogP contribution in [0.25, 0.3) is 0 Å². The monoisotopic (exact) mass is 846 g/mol. The van der Waals surface area contributed by atoms with Gasteiger partial charge in [-0.05, 0) is 77.0 Å². The third kappa shape index (κ3) is 43.0. The minimum atomic E-state index is -0.788. The van der Waals surface area contributed by atoms with Crippen LogP contribution in [0.3, 0.4) is 0 Å². The number of aliphatic hydroxyl groups is 2. The molecule has 0 aliphatic rings. The zero-order valence-corrected chi connectivity index (χ0v) is 40.4. The van der Waals surface area contributed by atoms with E-state index in [2.05, 4.69) is 50.4 Å². The molecule has 0 aliphatic heterocycles. The molecule has 6 heteroatoms. The zero-order valence-electron chi connectivity index (χ0n) is 40.4. The number of nitrogens with one attached hydrogen (secondary N) is 1. The fourth-order valence-electron chi connectivity index (χ4n) is 8.19. The summed E-state index contributed by atoms with van der Waals surface area (Å²) in [7, 11) is 0. The Morgan fingerprint density at radius 1 is 0.467 bits per heavy atom. The molecule has 0 heterocycles. The van der Waals surface area contributed by atoms with Gasteiger partial charge in [-0.25, -0.2) is 0 Å². The number of amides is 1. The van der Waals surface area contributed by atoms with Crippen LogP contribution in [0.2, 0.25) is 0 Å². The first-order valence-electron chi connectivity index (χ1n) is 26.6. The molecule has 60 heavy (non-hydrogen) atoms. The van der Waals surface area contributed by atoms with Gasteiger partial charge in [-0.15, -0.1) is 0 Å². The molecule has 0 saturated heterocycles. The Morgan fingerprint density at radius 2 is 0.800 bits per heavy atom. The van der Waals surface area contributed by atoms with E-state index in [4.69, 9.17) is 4.74 Å². The Bertz CT molecular complexity index is 950. The van der Waals surface area contributed by atoms with E-state index in [0.717, 1.165) is 64.2 Å². The second-order valence-corrected chi connectivity index (χ2v) is 18.3. The zero-order chi connectivity index (χ0) is 43.8. The third-order valence-corrected chi connectivity index (χ3v) is 12.3. The lowest BCUT2D eigenvalue weighted by Crippen LogP contribution is -2.46. The van der Waals surface area contributed by atoms with Crippen LogP contribution in [0, 0.1) is 0 Å². The summed E-state index contributed by atoms with van der Waals surface area (Å²) < 4.78 is 5.92. The molecule has 1 amide bonds. The first-order valence-corrected chi connectivity index (χ1v) is 26.6. The Labute approximate surface area is 373 Å². The van der Waals surface area contributed by atoms with Gasteiger partial charge in [0.1, 0.15) is 6.10 Å². The van der Waals surface area contributed by atoms with Crippen LogP contribution in [-0.4, -0.2) is 46.9 Å². The number of aliphatic hydroxyl groups excluding tert-OH is 2. The predicted molar refractivity (Wildman–Crippen MR) is 260 cm³/mol. The van der Waals surface area contributed by atoms with Gasteiger partial charge in [0.05, 0.1) is 25.2 Å². The number of allylic oxidation sites excluding steroid dienone is 4. The van der Waals surface area contributed by atoms with Crippen LogP contribution in [0.1, 0.15) is 284 Å². The number of hydrogen-bond acceptors (Lipinski definition) is 5. The quantitative estimate of drug-likeness (QED) is 0.0322. The molecule has 0 aliphatic carbocycles. The van der Waals surface area contributed by atoms with Gasteiger partial charge in [0.2, 0.25) is 5.91 Å². The van der Waals surface area contributed by atoms with Crippen molar-refractivity contribution in [1.29, 1.82) is 0 Å². The predicted octanol–water partition coefficient (Wildman–Crippen LogP) is 15.9. The summed E-state index contributed by atoms with van der Waals surface area (Å²) in [5, 5.41) is 23.8. The Morgan fingerprint density at radius 3 is 1.23 bits per heavy atom. The molecule has 0 bridgehead atoms. The lowest BCUT2D eigenvalue weighted by atomic mass is 10.0. The molecule has 0 rings (SSSR count). The number of hydrogen-bond donors (Lipinski definition) is 3. The van der Waals surface area contributed by atoms with Crippen LogP contribution in [0.15, 0.2) is 24.3 Å². The summed E-state index contributed by atoms with van der Waals surface area (Å²) in [6, 6.07) is -0.702. The maximum atomic E-state index is 13.2. The van der Waals surface area contributed by atoms with Crippen molar-refractivity contribution < 1.29 is 24.5 Å². The summed E-state index contributed by atoms with van der Waals surface area (Å²) in [5.74, 6) is -0.484. The van der Waals surface area contributed by atoms with E-state index in [1.54, 1.807) is 0 Å². The van der Waals surface area contributed by atoms with Gasteiger partial charge in [-0.1, -0.05) is 218 Å². The minimum absolute atomic E-state index is 0.0688. The number of rotatable bonds is 48. The summed E-state index contributed by atoms with van der Waals surface area (Å²) >= 11 is 0. The number of carbonyl (C=O) groups is 2. The van der Waals surface area contributed by atoms with Crippen molar-refractivity contribution >= 4 is 11.9 Å². The van der Waals surface area contributed by atoms with E-state index >= 15 is 0 Å². The van der Waals surface area contributed by atoms with Crippen LogP contribution >= 0.6 is 0 Å². The molecule has 354 valence electrons. The van der Waals surface area contributed by atoms with Crippen LogP contribution in [0.5, 0.6) is 0 Å². The highest BCUT2D eigenvalue weighted by molar-refractivity contribution is 5.77. The Kier molecular flexibility index (Phi) is 47.0. The molecule has 6 nitrogen and oxygen atoms in total. The largest absolute Gasteiger partial charge is 0.462 e. The van der Waals surface area contributed by atoms with Crippen molar-refractivity contribution in [1.82, 2.24) is 5.32 Å². The van der Waals surface area contributed by atoms with Crippen molar-refractivity contribution in [2.45, 2.75) is 302 Å². The maximum Gasteiger partial charge on any atom is 0.306 e. The molecule has 0 aromatic carbocycles. The van der Waals surface area contributed by atoms with Crippen LogP contribution in [0.4, 0.5) is 0 Å². The molecular formula is C54H103NO5. The normalized spacial score (nSPS) is 13.3. The minimum Gasteiger partial charge on any atom is -0.462 e. The number of carbonyl (C=O) groups excluding carboxylic acids is 2. The van der Waals surface area contributed by atoms with Gasteiger partial charge in [0.15, 0.2) is 0 Å². The average molecular weight is 846 g/mol. The van der Waals surface area contributed by atoms with Gasteiger partial charge >= 0.3 is 5.97 Å². The van der Waals surface area contributed by atoms with E-state index in [9.17, 15) is 19.8 Å². The summed E-state index contributed by atoms with van der Waals surface area (Å²) in [6.07, 6.45) is 55.3. The molecule has 0 radical (unpaired) electrons. The second-order valence-electron chi connectivity index (χ2n) is 18.3. The number of esters is 1. The molecule has 0 aromatic heterocycles. The van der Waals surface area contributed by atoms with E-state index in [0.29, 0.717) is 19.3 Å². The first kappa shape index (κ1) is 58.3. The van der Waals surface area contributed by atoms with Gasteiger partial charge in [-0.2, -0.15) is 0 Å². The van der Waals surface area contributed by atoms with E-state index in [1.807, 2.05) is 0 Å². The first-order chi connectivity index (χ1) is 29.5. The fraction of sp³-hybridized carbons (Fsp3) is 0.889. The smallest absolute Gasteiger partial charge is 0.306 e. The molecular weight excluding hydrogens is 743 g/mol. The van der Waals surface area contributed by atoms with Crippen molar-refractivity contribution in [3.63, 3.8) is 0 Å². The molecule has 3 N–H and O–H groups in total. The van der Waals surface area contributed by atoms with Crippen LogP contribution < -0.4 is 5.32 Å². The lowest BCUT2D eigenvalue weighted by molar-refractivity contribution is -0.151. The van der Waals surface area contributed by atoms with Gasteiger partial charge < -0.3 is 20.3 Å². The topological polar surface area (TPSA) is 95.9 Å². The average Bonchev–Trinajstić information content (AvgIpc) is 3.24. The van der Waals surface area contributed by atoms with Crippen molar-refractivity contribution in [3.8, 4) is 0 Å². The standard InChI is InChI=1S/C54H103NO5/c1-4-7-10-13-16-19-22-24-26-27-28-30-32-35-38-41-44-47-54(59)60-50(45-42-39-36-33-21-18-15-12-9-6-3)48-53(58)55-51(49-56)52(57)46-43-40-37-34-31-29-25-23-20-17-14-11-8-5-2/h18,21,24,26,50-52,56-57H,4-17,19-20,22-23,25,27-49H2,1-3H3,(H,55,58)/b21-18-,26-24+. The highest BCUT2D eigenvalue weighted by Gasteiger charge is 2.24. The Balaban J connectivity index is 4.46. The van der Waals surface area contributed by atoms with Crippen molar-refractivity contribution in [2.75, 3.05) is 6.61 Å². The highest BCUT2D eigenvalue weighted by Crippen LogP contribution is 2.18. The Hall–Kier alpha value is -1.66. The third-order valence-electron chi connectivity index (χ3n) is 12.3. The van der Waals surface area contributed by atoms with Crippen LogP contribution in [-0.2, 0) is 14.3 Å². The van der Waals surface area contributed by atoms with Gasteiger partial charge in [0.25, 0.3) is 0 Å². The fourth-order valence-corrected chi connectivity index (χ4v) is 8.19. The molecule has 0 saturated carbocycles. The maximum absolute atomic E-state index is 13.2. The molecule has 3 unspecified atom stereocenters. The number of unbranched alkanes of at least 4 members (excludes halogenated alkanes) is 32. The summed E-state index contributed by atoms with van der Waals surface area (Å²) in [6.45, 7) is 6.46. The highest BCUT2D eigenvalue weighted by atomic mass is 16.5. The van der Waals surface area contributed by atoms with E-state index in [-0.39, 0.29) is 24.9 Å². The van der Waals surface area contributed by atoms with E-state index < -0.39 is 18.2 Å². The summed E-state index contributed by atoms with van der Waals surface area (Å²) in [5.41, 5.74) is 0. The SMILES string of the molecule is CCCCC/C=C\CCCCCC(CC(=O)NC(CO)C(O)CCCCCCCCCCCCCCCC)OC(=O)CCCCCCCCC/C=C/CCCCCCCC. The molecule has 3 atom stereocenters. The molecule has 0 aromatic rings. The molecule has 0 fully saturated rings. The lowest BCUT2D eigenvalue weighted by Gasteiger charge is -2.24. The number of ether oxygens (including phenoxy) is 1. The van der Waals surface area contributed by atoms with E-state index in [1.165, 1.54) is 173 Å². The summed E-state index contributed by atoms with van der Waals surface area (Å²) in [4.78, 5) is 26.1. The molecule has 0 spiro atoms. The van der Waals surface area contributed by atoms with Gasteiger partial charge in [0, 0.05) is 6.42 Å². The van der Waals surface area contributed by atoms with Crippen molar-refractivity contribution in [3.05, 3.63) is 24.3 Å². The second kappa shape index (κ2) is 48.4. The van der Waals surface area contributed by atoms with Gasteiger partial charge in [-0.3, -0.25) is 9.59 Å². The van der Waals surface area contributed by atoms with Crippen molar-refractivity contribution in [2.24, 2.45) is 0 Å².